The highest BCUT2D eigenvalue weighted by Gasteiger charge is 2.18. The first-order valence-electron chi connectivity index (χ1n) is 6.64. The van der Waals surface area contributed by atoms with E-state index < -0.39 is 0 Å². The third-order valence-electron chi connectivity index (χ3n) is 3.48. The van der Waals surface area contributed by atoms with Crippen molar-refractivity contribution in [2.75, 3.05) is 36.0 Å². The Labute approximate surface area is 118 Å². The smallest absolute Gasteiger partial charge is 0.158 e. The SMILES string of the molecule is N#Cc1cnc(N2CCN(c3ccccc3)CC2)cn1. The van der Waals surface area contributed by atoms with E-state index in [1.54, 1.807) is 6.20 Å². The zero-order chi connectivity index (χ0) is 13.8. The van der Waals surface area contributed by atoms with E-state index in [-0.39, 0.29) is 0 Å². The number of hydrogen-bond donors (Lipinski definition) is 0. The van der Waals surface area contributed by atoms with E-state index in [4.69, 9.17) is 5.26 Å². The number of rotatable bonds is 2. The molecule has 1 aromatic heterocycles. The minimum atomic E-state index is 0.358. The fraction of sp³-hybridized carbons (Fsp3) is 0.267. The van der Waals surface area contributed by atoms with Crippen LogP contribution in [0.5, 0.6) is 0 Å². The Kier molecular flexibility index (Phi) is 3.46. The standard InChI is InChI=1S/C15H15N5/c16-10-13-11-18-15(12-17-13)20-8-6-19(7-9-20)14-4-2-1-3-5-14/h1-5,11-12H,6-9H2. The Morgan fingerprint density at radius 1 is 0.900 bits per heavy atom. The van der Waals surface area contributed by atoms with E-state index in [1.807, 2.05) is 12.1 Å². The number of hydrogen-bond acceptors (Lipinski definition) is 5. The summed E-state index contributed by atoms with van der Waals surface area (Å²) in [6.45, 7) is 3.75. The first kappa shape index (κ1) is 12.4. The molecule has 2 aromatic rings. The monoisotopic (exact) mass is 265 g/mol. The van der Waals surface area contributed by atoms with E-state index >= 15 is 0 Å². The van der Waals surface area contributed by atoms with Crippen LogP contribution in [0.4, 0.5) is 11.5 Å². The molecule has 0 unspecified atom stereocenters. The van der Waals surface area contributed by atoms with Crippen molar-refractivity contribution in [3.63, 3.8) is 0 Å². The van der Waals surface area contributed by atoms with Gasteiger partial charge in [0.15, 0.2) is 5.69 Å². The van der Waals surface area contributed by atoms with Crippen molar-refractivity contribution in [3.8, 4) is 6.07 Å². The summed E-state index contributed by atoms with van der Waals surface area (Å²) in [5, 5.41) is 8.73. The summed E-state index contributed by atoms with van der Waals surface area (Å²) < 4.78 is 0. The Hall–Kier alpha value is -2.61. The fourth-order valence-electron chi connectivity index (χ4n) is 2.37. The van der Waals surface area contributed by atoms with Gasteiger partial charge in [-0.05, 0) is 12.1 Å². The first-order chi connectivity index (χ1) is 9.86. The summed E-state index contributed by atoms with van der Waals surface area (Å²) in [6.07, 6.45) is 3.20. The second-order valence-electron chi connectivity index (χ2n) is 4.68. The third kappa shape index (κ3) is 2.54. The number of benzene rings is 1. The molecule has 5 nitrogen and oxygen atoms in total. The van der Waals surface area contributed by atoms with Gasteiger partial charge < -0.3 is 9.80 Å². The van der Waals surface area contributed by atoms with Gasteiger partial charge in [0.25, 0.3) is 0 Å². The Morgan fingerprint density at radius 2 is 1.60 bits per heavy atom. The summed E-state index contributed by atoms with van der Waals surface area (Å²) in [6, 6.07) is 12.4. The van der Waals surface area contributed by atoms with Crippen LogP contribution in [0.3, 0.4) is 0 Å². The van der Waals surface area contributed by atoms with Crippen LogP contribution in [0.25, 0.3) is 0 Å². The van der Waals surface area contributed by atoms with Crippen LogP contribution in [0.15, 0.2) is 42.7 Å². The largest absolute Gasteiger partial charge is 0.368 e. The molecule has 0 bridgehead atoms. The maximum absolute atomic E-state index is 8.73. The minimum absolute atomic E-state index is 0.358. The average Bonchev–Trinajstić information content (AvgIpc) is 2.56. The molecule has 0 amide bonds. The lowest BCUT2D eigenvalue weighted by Gasteiger charge is -2.36. The van der Waals surface area contributed by atoms with Gasteiger partial charge in [0.2, 0.25) is 0 Å². The Balaban J connectivity index is 1.65. The Bertz CT molecular complexity index is 594. The third-order valence-corrected chi connectivity index (χ3v) is 3.48. The lowest BCUT2D eigenvalue weighted by atomic mass is 10.2. The van der Waals surface area contributed by atoms with Crippen LogP contribution in [-0.4, -0.2) is 36.1 Å². The molecule has 100 valence electrons. The van der Waals surface area contributed by atoms with Crippen LogP contribution in [0.2, 0.25) is 0 Å². The predicted molar refractivity (Wildman–Crippen MR) is 77.6 cm³/mol. The highest BCUT2D eigenvalue weighted by Crippen LogP contribution is 2.18. The van der Waals surface area contributed by atoms with Gasteiger partial charge in [-0.1, -0.05) is 18.2 Å². The van der Waals surface area contributed by atoms with Crippen LogP contribution in [0, 0.1) is 11.3 Å². The van der Waals surface area contributed by atoms with Gasteiger partial charge in [0.1, 0.15) is 11.9 Å². The summed E-state index contributed by atoms with van der Waals surface area (Å²) in [5.41, 5.74) is 1.62. The zero-order valence-electron chi connectivity index (χ0n) is 11.1. The van der Waals surface area contributed by atoms with Gasteiger partial charge in [-0.2, -0.15) is 5.26 Å². The van der Waals surface area contributed by atoms with Gasteiger partial charge in [0.05, 0.1) is 12.4 Å². The second-order valence-corrected chi connectivity index (χ2v) is 4.68. The summed E-state index contributed by atoms with van der Waals surface area (Å²) in [5.74, 6) is 0.844. The van der Waals surface area contributed by atoms with Crippen molar-refractivity contribution in [3.05, 3.63) is 48.4 Å². The molecule has 1 aromatic carbocycles. The normalized spacial score (nSPS) is 14.9. The molecule has 3 rings (SSSR count). The quantitative estimate of drug-likeness (QED) is 0.826. The summed E-state index contributed by atoms with van der Waals surface area (Å²) in [7, 11) is 0. The molecule has 2 heterocycles. The number of nitrogens with zero attached hydrogens (tertiary/aromatic N) is 5. The molecular weight excluding hydrogens is 250 g/mol. The predicted octanol–water partition coefficient (Wildman–Crippen LogP) is 1.67. The van der Waals surface area contributed by atoms with Gasteiger partial charge in [-0.25, -0.2) is 9.97 Å². The van der Waals surface area contributed by atoms with Crippen molar-refractivity contribution in [1.82, 2.24) is 9.97 Å². The van der Waals surface area contributed by atoms with Gasteiger partial charge >= 0.3 is 0 Å². The molecule has 1 fully saturated rings. The molecule has 20 heavy (non-hydrogen) atoms. The fourth-order valence-corrected chi connectivity index (χ4v) is 2.37. The molecule has 0 N–H and O–H groups in total. The molecule has 0 aliphatic carbocycles. The first-order valence-corrected chi connectivity index (χ1v) is 6.64. The second kappa shape index (κ2) is 5.57. The van der Waals surface area contributed by atoms with Crippen LogP contribution >= 0.6 is 0 Å². The zero-order valence-corrected chi connectivity index (χ0v) is 11.1. The van der Waals surface area contributed by atoms with Crippen molar-refractivity contribution < 1.29 is 0 Å². The number of para-hydroxylation sites is 1. The lowest BCUT2D eigenvalue weighted by molar-refractivity contribution is 0.646. The summed E-state index contributed by atoms with van der Waals surface area (Å²) in [4.78, 5) is 12.9. The topological polar surface area (TPSA) is 56.1 Å². The highest BCUT2D eigenvalue weighted by atomic mass is 15.3. The molecular formula is C15H15N5. The van der Waals surface area contributed by atoms with Crippen LogP contribution in [0.1, 0.15) is 5.69 Å². The van der Waals surface area contributed by atoms with E-state index in [9.17, 15) is 0 Å². The van der Waals surface area contributed by atoms with Crippen molar-refractivity contribution in [2.45, 2.75) is 0 Å². The van der Waals surface area contributed by atoms with Gasteiger partial charge in [-0.15, -0.1) is 0 Å². The van der Waals surface area contributed by atoms with Gasteiger partial charge in [-0.3, -0.25) is 0 Å². The number of piperazine rings is 1. The van der Waals surface area contributed by atoms with E-state index in [2.05, 4.69) is 44.0 Å². The summed E-state index contributed by atoms with van der Waals surface area (Å²) >= 11 is 0. The molecule has 1 aliphatic heterocycles. The molecule has 0 saturated carbocycles. The number of anilines is 2. The maximum Gasteiger partial charge on any atom is 0.158 e. The maximum atomic E-state index is 8.73. The van der Waals surface area contributed by atoms with E-state index in [0.29, 0.717) is 5.69 Å². The lowest BCUT2D eigenvalue weighted by Crippen LogP contribution is -2.46. The van der Waals surface area contributed by atoms with E-state index in [1.165, 1.54) is 11.9 Å². The molecule has 1 aliphatic rings. The van der Waals surface area contributed by atoms with Crippen molar-refractivity contribution in [1.29, 1.82) is 5.26 Å². The molecule has 5 heteroatoms. The Morgan fingerprint density at radius 3 is 2.20 bits per heavy atom. The van der Waals surface area contributed by atoms with Crippen molar-refractivity contribution in [2.24, 2.45) is 0 Å². The average molecular weight is 265 g/mol. The number of nitriles is 1. The van der Waals surface area contributed by atoms with E-state index in [0.717, 1.165) is 32.0 Å². The van der Waals surface area contributed by atoms with Crippen LogP contribution < -0.4 is 9.80 Å². The highest BCUT2D eigenvalue weighted by molar-refractivity contribution is 5.48. The molecule has 0 radical (unpaired) electrons. The molecule has 0 atom stereocenters. The number of aromatic nitrogens is 2. The molecule has 1 saturated heterocycles. The van der Waals surface area contributed by atoms with Crippen molar-refractivity contribution >= 4 is 11.5 Å². The minimum Gasteiger partial charge on any atom is -0.368 e. The van der Waals surface area contributed by atoms with Crippen LogP contribution in [-0.2, 0) is 0 Å². The van der Waals surface area contributed by atoms with Gasteiger partial charge in [0, 0.05) is 31.9 Å². The molecule has 0 spiro atoms.